The van der Waals surface area contributed by atoms with E-state index in [9.17, 15) is 8.42 Å². The number of pyridine rings is 1. The number of ether oxygens (including phenoxy) is 1. The van der Waals surface area contributed by atoms with Gasteiger partial charge in [-0.1, -0.05) is 12.1 Å². The van der Waals surface area contributed by atoms with Gasteiger partial charge in [-0.2, -0.15) is 0 Å². The van der Waals surface area contributed by atoms with Crippen LogP contribution in [0.4, 0.5) is 11.4 Å². The third-order valence-corrected chi connectivity index (χ3v) is 6.07. The number of sulfonamides is 1. The Hall–Kier alpha value is -2.32. The summed E-state index contributed by atoms with van der Waals surface area (Å²) in [6.45, 7) is 0.424. The Kier molecular flexibility index (Phi) is 3.58. The molecule has 24 heavy (non-hydrogen) atoms. The van der Waals surface area contributed by atoms with Crippen molar-refractivity contribution in [2.45, 2.75) is 23.7 Å². The Morgan fingerprint density at radius 2 is 2.12 bits per heavy atom. The maximum Gasteiger partial charge on any atom is 0.264 e. The van der Waals surface area contributed by atoms with Crippen LogP contribution in [-0.4, -0.2) is 31.8 Å². The van der Waals surface area contributed by atoms with E-state index >= 15 is 0 Å². The molecule has 1 aliphatic heterocycles. The van der Waals surface area contributed by atoms with Gasteiger partial charge < -0.3 is 4.74 Å². The average Bonchev–Trinajstić information content (AvgIpc) is 3.46. The van der Waals surface area contributed by atoms with Crippen molar-refractivity contribution in [3.05, 3.63) is 42.1 Å². The van der Waals surface area contributed by atoms with Crippen molar-refractivity contribution < 1.29 is 18.4 Å². The van der Waals surface area contributed by atoms with Gasteiger partial charge in [0.1, 0.15) is 12.3 Å². The Morgan fingerprint density at radius 3 is 2.88 bits per heavy atom. The fraction of sp³-hybridized carbons (Fsp3) is 0.312. The van der Waals surface area contributed by atoms with Crippen molar-refractivity contribution in [2.24, 2.45) is 0 Å². The van der Waals surface area contributed by atoms with Crippen LogP contribution in [0, 0.1) is 0 Å². The monoisotopic (exact) mass is 347 g/mol. The summed E-state index contributed by atoms with van der Waals surface area (Å²) in [5.74, 6) is 0.714. The standard InChI is InChI=1S/C16H17N3O4S/c20-18-13-9-15-16(17-10-13)23-7-6-19(15)24(21,22)14-3-1-2-12(8-14)11-4-5-11/h1-3,8-11,18,20H,4-7H2. The SMILES string of the molecule is O=S(=O)(c1cccc(C2CC2)c1)N1CCOc2ncc(NO)cc21. The van der Waals surface area contributed by atoms with Crippen molar-refractivity contribution in [1.82, 2.24) is 4.98 Å². The number of nitrogens with one attached hydrogen (secondary N) is 1. The zero-order valence-corrected chi connectivity index (χ0v) is 13.7. The van der Waals surface area contributed by atoms with Crippen molar-refractivity contribution in [1.29, 1.82) is 0 Å². The lowest BCUT2D eigenvalue weighted by Gasteiger charge is -2.30. The Labute approximate surface area is 139 Å². The number of hydrogen-bond donors (Lipinski definition) is 2. The predicted octanol–water partition coefficient (Wildman–Crippen LogP) is 2.35. The molecule has 0 radical (unpaired) electrons. The summed E-state index contributed by atoms with van der Waals surface area (Å²) in [6.07, 6.45) is 3.60. The smallest absolute Gasteiger partial charge is 0.264 e. The molecule has 1 aromatic heterocycles. The molecule has 0 amide bonds. The summed E-state index contributed by atoms with van der Waals surface area (Å²) < 4.78 is 32.9. The zero-order valence-electron chi connectivity index (χ0n) is 12.8. The minimum absolute atomic E-state index is 0.194. The molecule has 1 saturated carbocycles. The van der Waals surface area contributed by atoms with E-state index in [0.717, 1.165) is 18.4 Å². The first-order valence-electron chi connectivity index (χ1n) is 7.75. The highest BCUT2D eigenvalue weighted by Crippen LogP contribution is 2.41. The van der Waals surface area contributed by atoms with Gasteiger partial charge in [0.15, 0.2) is 0 Å². The molecular formula is C16H17N3O4S. The first-order chi connectivity index (χ1) is 11.6. The molecule has 8 heteroatoms. The number of aromatic nitrogens is 1. The highest BCUT2D eigenvalue weighted by atomic mass is 32.2. The second-order valence-electron chi connectivity index (χ2n) is 5.93. The predicted molar refractivity (Wildman–Crippen MR) is 88.1 cm³/mol. The van der Waals surface area contributed by atoms with Crippen LogP contribution in [0.1, 0.15) is 24.3 Å². The van der Waals surface area contributed by atoms with Crippen LogP contribution >= 0.6 is 0 Å². The summed E-state index contributed by atoms with van der Waals surface area (Å²) in [4.78, 5) is 4.32. The fourth-order valence-corrected chi connectivity index (χ4v) is 4.35. The summed E-state index contributed by atoms with van der Waals surface area (Å²) in [5.41, 5.74) is 3.66. The van der Waals surface area contributed by atoms with Crippen LogP contribution in [0.3, 0.4) is 0 Å². The van der Waals surface area contributed by atoms with Crippen LogP contribution in [0.25, 0.3) is 0 Å². The number of benzene rings is 1. The summed E-state index contributed by atoms with van der Waals surface area (Å²) in [5, 5.41) is 9.05. The highest BCUT2D eigenvalue weighted by Gasteiger charge is 2.32. The molecule has 4 rings (SSSR count). The largest absolute Gasteiger partial charge is 0.474 e. The Morgan fingerprint density at radius 1 is 1.29 bits per heavy atom. The molecular weight excluding hydrogens is 330 g/mol. The second kappa shape index (κ2) is 5.64. The molecule has 0 saturated heterocycles. The van der Waals surface area contributed by atoms with Gasteiger partial charge in [0, 0.05) is 0 Å². The maximum absolute atomic E-state index is 13.1. The van der Waals surface area contributed by atoms with E-state index in [1.807, 2.05) is 11.5 Å². The molecule has 2 aliphatic rings. The van der Waals surface area contributed by atoms with E-state index in [4.69, 9.17) is 9.94 Å². The van der Waals surface area contributed by atoms with Crippen molar-refractivity contribution in [3.8, 4) is 5.88 Å². The highest BCUT2D eigenvalue weighted by molar-refractivity contribution is 7.92. The third-order valence-electron chi connectivity index (χ3n) is 4.26. The first-order valence-corrected chi connectivity index (χ1v) is 9.19. The van der Waals surface area contributed by atoms with Gasteiger partial charge in [-0.25, -0.2) is 13.4 Å². The molecule has 2 heterocycles. The fourth-order valence-electron chi connectivity index (χ4n) is 2.86. The number of fused-ring (bicyclic) bond motifs is 1. The van der Waals surface area contributed by atoms with Gasteiger partial charge in [0.05, 0.1) is 23.3 Å². The maximum atomic E-state index is 13.1. The Balaban J connectivity index is 1.77. The molecule has 0 bridgehead atoms. The molecule has 1 fully saturated rings. The Bertz CT molecular complexity index is 881. The van der Waals surface area contributed by atoms with Crippen LogP contribution < -0.4 is 14.5 Å². The van der Waals surface area contributed by atoms with Gasteiger partial charge in [-0.3, -0.25) is 15.0 Å². The molecule has 2 aromatic rings. The normalized spacial score (nSPS) is 17.1. The van der Waals surface area contributed by atoms with Gasteiger partial charge in [-0.15, -0.1) is 0 Å². The lowest BCUT2D eigenvalue weighted by atomic mass is 10.1. The molecule has 0 unspecified atom stereocenters. The van der Waals surface area contributed by atoms with Crippen LogP contribution in [0.5, 0.6) is 5.88 Å². The number of anilines is 2. The van der Waals surface area contributed by atoms with Crippen LogP contribution in [-0.2, 0) is 10.0 Å². The summed E-state index contributed by atoms with van der Waals surface area (Å²) in [6, 6.07) is 8.62. The minimum atomic E-state index is -3.72. The van der Waals surface area contributed by atoms with Gasteiger partial charge in [-0.05, 0) is 42.5 Å². The molecule has 0 spiro atoms. The third kappa shape index (κ3) is 2.57. The number of rotatable bonds is 4. The van der Waals surface area contributed by atoms with E-state index in [1.165, 1.54) is 16.6 Å². The van der Waals surface area contributed by atoms with E-state index in [-0.39, 0.29) is 23.9 Å². The average molecular weight is 347 g/mol. The van der Waals surface area contributed by atoms with Crippen molar-refractivity contribution in [3.63, 3.8) is 0 Å². The van der Waals surface area contributed by atoms with Crippen LogP contribution in [0.15, 0.2) is 41.4 Å². The molecule has 2 N–H and O–H groups in total. The van der Waals surface area contributed by atoms with E-state index in [2.05, 4.69) is 4.98 Å². The quantitative estimate of drug-likeness (QED) is 0.825. The van der Waals surface area contributed by atoms with Crippen molar-refractivity contribution >= 4 is 21.4 Å². The minimum Gasteiger partial charge on any atom is -0.474 e. The zero-order chi connectivity index (χ0) is 16.7. The summed E-state index contributed by atoms with van der Waals surface area (Å²) in [7, 11) is -3.72. The van der Waals surface area contributed by atoms with Gasteiger partial charge >= 0.3 is 0 Å². The van der Waals surface area contributed by atoms with Gasteiger partial charge in [0.2, 0.25) is 5.88 Å². The molecule has 1 aliphatic carbocycles. The molecule has 7 nitrogen and oxygen atoms in total. The summed E-state index contributed by atoms with van der Waals surface area (Å²) >= 11 is 0. The van der Waals surface area contributed by atoms with Crippen molar-refractivity contribution in [2.75, 3.05) is 22.9 Å². The molecule has 0 atom stereocenters. The molecule has 1 aromatic carbocycles. The first kappa shape index (κ1) is 15.2. The lowest BCUT2D eigenvalue weighted by Crippen LogP contribution is -2.38. The van der Waals surface area contributed by atoms with E-state index in [1.54, 1.807) is 18.2 Å². The lowest BCUT2D eigenvalue weighted by molar-refractivity contribution is 0.303. The topological polar surface area (TPSA) is 91.8 Å². The van der Waals surface area contributed by atoms with Crippen LogP contribution in [0.2, 0.25) is 0 Å². The van der Waals surface area contributed by atoms with Gasteiger partial charge in [0.25, 0.3) is 10.0 Å². The number of nitrogens with zero attached hydrogens (tertiary/aromatic N) is 2. The van der Waals surface area contributed by atoms with E-state index in [0.29, 0.717) is 17.3 Å². The molecule has 126 valence electrons. The number of hydrogen-bond acceptors (Lipinski definition) is 6. The van der Waals surface area contributed by atoms with E-state index < -0.39 is 10.0 Å². The second-order valence-corrected chi connectivity index (χ2v) is 7.79.